The second-order valence-electron chi connectivity index (χ2n) is 6.49. The first kappa shape index (κ1) is 13.8. The molecule has 5 heteroatoms. The van der Waals surface area contributed by atoms with Gasteiger partial charge in [0.1, 0.15) is 0 Å². The van der Waals surface area contributed by atoms with E-state index in [0.29, 0.717) is 18.1 Å². The van der Waals surface area contributed by atoms with Gasteiger partial charge in [-0.05, 0) is 44.7 Å². The highest BCUT2D eigenvalue weighted by molar-refractivity contribution is 7.91. The van der Waals surface area contributed by atoms with Crippen LogP contribution in [-0.4, -0.2) is 56.5 Å². The standard InChI is InChI=1S/C14H26N2O2S/c17-19(18)10-7-15-13(11-19)6-9-16-8-5-12-3-1-2-4-14(12)16/h12-15H,1-11H2. The van der Waals surface area contributed by atoms with E-state index in [9.17, 15) is 8.42 Å². The highest BCUT2D eigenvalue weighted by Crippen LogP contribution is 2.36. The number of rotatable bonds is 3. The van der Waals surface area contributed by atoms with Gasteiger partial charge in [0, 0.05) is 18.6 Å². The lowest BCUT2D eigenvalue weighted by Gasteiger charge is -2.33. The summed E-state index contributed by atoms with van der Waals surface area (Å²) in [6, 6.07) is 0.982. The maximum atomic E-state index is 11.6. The first-order chi connectivity index (χ1) is 9.14. The molecule has 3 unspecified atom stereocenters. The topological polar surface area (TPSA) is 49.4 Å². The number of fused-ring (bicyclic) bond motifs is 1. The predicted octanol–water partition coefficient (Wildman–Crippen LogP) is 1.03. The van der Waals surface area contributed by atoms with E-state index in [1.807, 2.05) is 0 Å². The minimum Gasteiger partial charge on any atom is -0.312 e. The van der Waals surface area contributed by atoms with Crippen LogP contribution >= 0.6 is 0 Å². The molecule has 1 saturated carbocycles. The van der Waals surface area contributed by atoms with Crippen molar-refractivity contribution in [2.75, 3.05) is 31.1 Å². The van der Waals surface area contributed by atoms with E-state index < -0.39 is 9.84 Å². The Kier molecular flexibility index (Phi) is 4.15. The van der Waals surface area contributed by atoms with Gasteiger partial charge >= 0.3 is 0 Å². The van der Waals surface area contributed by atoms with Crippen LogP contribution < -0.4 is 5.32 Å². The van der Waals surface area contributed by atoms with Crippen molar-refractivity contribution in [3.63, 3.8) is 0 Å². The molecule has 19 heavy (non-hydrogen) atoms. The van der Waals surface area contributed by atoms with Crippen molar-refractivity contribution in [2.24, 2.45) is 5.92 Å². The van der Waals surface area contributed by atoms with Crippen molar-refractivity contribution >= 4 is 9.84 Å². The molecule has 4 nitrogen and oxygen atoms in total. The smallest absolute Gasteiger partial charge is 0.153 e. The zero-order chi connectivity index (χ0) is 13.3. The van der Waals surface area contributed by atoms with Crippen molar-refractivity contribution < 1.29 is 8.42 Å². The molecule has 0 radical (unpaired) electrons. The molecule has 110 valence electrons. The van der Waals surface area contributed by atoms with E-state index in [2.05, 4.69) is 10.2 Å². The summed E-state index contributed by atoms with van der Waals surface area (Å²) in [4.78, 5) is 2.63. The fraction of sp³-hybridized carbons (Fsp3) is 1.00. The normalized spacial score (nSPS) is 39.1. The molecule has 3 aliphatic rings. The molecule has 0 amide bonds. The SMILES string of the molecule is O=S1(=O)CCNC(CCN2CCC3CCCCC32)C1. The third-order valence-electron chi connectivity index (χ3n) is 5.19. The fourth-order valence-corrected chi connectivity index (χ4v) is 5.65. The zero-order valence-electron chi connectivity index (χ0n) is 11.7. The first-order valence-electron chi connectivity index (χ1n) is 7.82. The number of hydrogen-bond donors (Lipinski definition) is 1. The Hall–Kier alpha value is -0.130. The summed E-state index contributed by atoms with van der Waals surface area (Å²) in [6.07, 6.45) is 7.92. The van der Waals surface area contributed by atoms with Gasteiger partial charge in [-0.2, -0.15) is 0 Å². The maximum Gasteiger partial charge on any atom is 0.153 e. The second kappa shape index (κ2) is 5.70. The van der Waals surface area contributed by atoms with Crippen LogP contribution in [0.2, 0.25) is 0 Å². The molecule has 0 bridgehead atoms. The van der Waals surface area contributed by atoms with Crippen molar-refractivity contribution in [2.45, 2.75) is 50.6 Å². The zero-order valence-corrected chi connectivity index (χ0v) is 12.5. The van der Waals surface area contributed by atoms with Crippen LogP contribution in [0.5, 0.6) is 0 Å². The minimum atomic E-state index is -2.78. The van der Waals surface area contributed by atoms with Crippen molar-refractivity contribution in [3.05, 3.63) is 0 Å². The number of hydrogen-bond acceptors (Lipinski definition) is 4. The quantitative estimate of drug-likeness (QED) is 0.842. The third kappa shape index (κ3) is 3.31. The number of nitrogens with zero attached hydrogens (tertiary/aromatic N) is 1. The van der Waals surface area contributed by atoms with Crippen LogP contribution in [0.3, 0.4) is 0 Å². The highest BCUT2D eigenvalue weighted by atomic mass is 32.2. The number of nitrogens with one attached hydrogen (secondary N) is 1. The Morgan fingerprint density at radius 1 is 1.16 bits per heavy atom. The lowest BCUT2D eigenvalue weighted by Crippen LogP contribution is -2.47. The molecule has 0 aromatic rings. The Morgan fingerprint density at radius 2 is 2.00 bits per heavy atom. The van der Waals surface area contributed by atoms with E-state index >= 15 is 0 Å². The van der Waals surface area contributed by atoms with E-state index in [4.69, 9.17) is 0 Å². The lowest BCUT2D eigenvalue weighted by molar-refractivity contribution is 0.176. The lowest BCUT2D eigenvalue weighted by atomic mass is 9.85. The van der Waals surface area contributed by atoms with Crippen molar-refractivity contribution in [1.82, 2.24) is 10.2 Å². The molecule has 1 aliphatic carbocycles. The molecule has 1 N–H and O–H groups in total. The molecular weight excluding hydrogens is 260 g/mol. The average Bonchev–Trinajstić information content (AvgIpc) is 2.78. The van der Waals surface area contributed by atoms with Crippen molar-refractivity contribution in [1.29, 1.82) is 0 Å². The summed E-state index contributed by atoms with van der Waals surface area (Å²) in [7, 11) is -2.78. The van der Waals surface area contributed by atoms with Gasteiger partial charge < -0.3 is 10.2 Å². The van der Waals surface area contributed by atoms with Crippen LogP contribution in [0.1, 0.15) is 38.5 Å². The Morgan fingerprint density at radius 3 is 2.84 bits per heavy atom. The molecule has 2 heterocycles. The molecule has 3 fully saturated rings. The van der Waals surface area contributed by atoms with Crippen LogP contribution in [0.15, 0.2) is 0 Å². The molecule has 0 spiro atoms. The molecule has 3 atom stereocenters. The minimum absolute atomic E-state index is 0.182. The van der Waals surface area contributed by atoms with Gasteiger partial charge in [0.15, 0.2) is 9.84 Å². The third-order valence-corrected chi connectivity index (χ3v) is 6.93. The second-order valence-corrected chi connectivity index (χ2v) is 8.72. The molecular formula is C14H26N2O2S. The van der Waals surface area contributed by atoms with Crippen LogP contribution in [0.25, 0.3) is 0 Å². The largest absolute Gasteiger partial charge is 0.312 e. The van der Waals surface area contributed by atoms with E-state index in [-0.39, 0.29) is 6.04 Å². The first-order valence-corrected chi connectivity index (χ1v) is 9.64. The van der Waals surface area contributed by atoms with Gasteiger partial charge in [-0.3, -0.25) is 0 Å². The van der Waals surface area contributed by atoms with Crippen LogP contribution in [0, 0.1) is 5.92 Å². The highest BCUT2D eigenvalue weighted by Gasteiger charge is 2.35. The Bertz CT molecular complexity index is 410. The van der Waals surface area contributed by atoms with Crippen LogP contribution in [0.4, 0.5) is 0 Å². The molecule has 0 aromatic heterocycles. The van der Waals surface area contributed by atoms with E-state index in [1.165, 1.54) is 38.6 Å². The van der Waals surface area contributed by atoms with E-state index in [0.717, 1.165) is 24.9 Å². The predicted molar refractivity (Wildman–Crippen MR) is 77.0 cm³/mol. The summed E-state index contributed by atoms with van der Waals surface area (Å²) in [5.41, 5.74) is 0. The monoisotopic (exact) mass is 286 g/mol. The summed E-state index contributed by atoms with van der Waals surface area (Å²) in [6.45, 7) is 2.95. The van der Waals surface area contributed by atoms with Gasteiger partial charge in [-0.1, -0.05) is 12.8 Å². The van der Waals surface area contributed by atoms with Gasteiger partial charge in [-0.25, -0.2) is 8.42 Å². The van der Waals surface area contributed by atoms with Gasteiger partial charge in [0.25, 0.3) is 0 Å². The maximum absolute atomic E-state index is 11.6. The number of sulfone groups is 1. The molecule has 0 aromatic carbocycles. The van der Waals surface area contributed by atoms with Crippen molar-refractivity contribution in [3.8, 4) is 0 Å². The molecule has 3 rings (SSSR count). The molecule has 2 saturated heterocycles. The number of likely N-dealkylation sites (tertiary alicyclic amines) is 1. The Labute approximate surface area is 116 Å². The summed E-state index contributed by atoms with van der Waals surface area (Å²) in [5, 5.41) is 3.36. The van der Waals surface area contributed by atoms with Gasteiger partial charge in [0.05, 0.1) is 11.5 Å². The fourth-order valence-electron chi connectivity index (χ4n) is 4.16. The van der Waals surface area contributed by atoms with Gasteiger partial charge in [0.2, 0.25) is 0 Å². The summed E-state index contributed by atoms with van der Waals surface area (Å²) < 4.78 is 23.3. The van der Waals surface area contributed by atoms with Crippen LogP contribution in [-0.2, 0) is 9.84 Å². The van der Waals surface area contributed by atoms with E-state index in [1.54, 1.807) is 0 Å². The van der Waals surface area contributed by atoms with Gasteiger partial charge in [-0.15, -0.1) is 0 Å². The Balaban J connectivity index is 1.49. The average molecular weight is 286 g/mol. The summed E-state index contributed by atoms with van der Waals surface area (Å²) in [5.74, 6) is 1.59. The molecule has 2 aliphatic heterocycles. The summed E-state index contributed by atoms with van der Waals surface area (Å²) >= 11 is 0.